The fourth-order valence-electron chi connectivity index (χ4n) is 3.80. The van der Waals surface area contributed by atoms with Crippen LogP contribution in [0.4, 0.5) is 5.69 Å². The fraction of sp³-hybridized carbons (Fsp3) is 0.591. The summed E-state index contributed by atoms with van der Waals surface area (Å²) < 4.78 is 10.6. The average Bonchev–Trinajstić information content (AvgIpc) is 2.74. The van der Waals surface area contributed by atoms with Gasteiger partial charge in [0, 0.05) is 19.4 Å². The van der Waals surface area contributed by atoms with Gasteiger partial charge in [0.1, 0.15) is 12.4 Å². The molecule has 0 unspecified atom stereocenters. The molecule has 0 bridgehead atoms. The fourth-order valence-corrected chi connectivity index (χ4v) is 3.80. The van der Waals surface area contributed by atoms with Crippen molar-refractivity contribution >= 4 is 23.3 Å². The lowest BCUT2D eigenvalue weighted by Crippen LogP contribution is -2.43. The van der Waals surface area contributed by atoms with Crippen LogP contribution in [-0.4, -0.2) is 53.3 Å². The van der Waals surface area contributed by atoms with Crippen molar-refractivity contribution in [2.45, 2.75) is 64.8 Å². The molecule has 2 rings (SSSR count). The summed E-state index contributed by atoms with van der Waals surface area (Å²) in [7, 11) is 0. The molecule has 0 aromatic heterocycles. The summed E-state index contributed by atoms with van der Waals surface area (Å²) in [5.41, 5.74) is -0.265. The van der Waals surface area contributed by atoms with Gasteiger partial charge in [-0.05, 0) is 38.3 Å². The highest BCUT2D eigenvalue weighted by Crippen LogP contribution is 2.26. The van der Waals surface area contributed by atoms with Gasteiger partial charge in [-0.15, -0.1) is 0 Å². The zero-order valence-corrected chi connectivity index (χ0v) is 18.1. The van der Waals surface area contributed by atoms with E-state index in [1.54, 1.807) is 0 Å². The Morgan fingerprint density at radius 2 is 1.84 bits per heavy atom. The van der Waals surface area contributed by atoms with Crippen molar-refractivity contribution in [3.05, 3.63) is 33.9 Å². The van der Waals surface area contributed by atoms with E-state index >= 15 is 0 Å². The first kappa shape index (κ1) is 24.3. The third kappa shape index (κ3) is 7.66. The Morgan fingerprint density at radius 3 is 2.45 bits per heavy atom. The van der Waals surface area contributed by atoms with Gasteiger partial charge in [0.05, 0.1) is 29.7 Å². The maximum atomic E-state index is 12.8. The molecule has 1 saturated carbocycles. The van der Waals surface area contributed by atoms with Crippen molar-refractivity contribution in [1.29, 1.82) is 0 Å². The van der Waals surface area contributed by atoms with Crippen LogP contribution >= 0.6 is 0 Å². The molecule has 0 N–H and O–H groups in total. The summed E-state index contributed by atoms with van der Waals surface area (Å²) in [6, 6.07) is 4.28. The summed E-state index contributed by atoms with van der Waals surface area (Å²) >= 11 is 0. The third-order valence-corrected chi connectivity index (χ3v) is 5.32. The minimum absolute atomic E-state index is 0.0134. The second-order valence-corrected chi connectivity index (χ2v) is 7.66. The number of nitrogens with zero attached hydrogens (tertiary/aromatic N) is 2. The van der Waals surface area contributed by atoms with E-state index in [1.165, 1.54) is 38.5 Å². The van der Waals surface area contributed by atoms with E-state index in [9.17, 15) is 24.5 Å². The van der Waals surface area contributed by atoms with Crippen molar-refractivity contribution in [1.82, 2.24) is 4.90 Å². The van der Waals surface area contributed by atoms with Crippen LogP contribution in [0.2, 0.25) is 0 Å². The number of hydrogen-bond donors (Lipinski definition) is 0. The van der Waals surface area contributed by atoms with Gasteiger partial charge < -0.3 is 14.4 Å². The van der Waals surface area contributed by atoms with Crippen molar-refractivity contribution in [2.75, 3.05) is 19.8 Å². The maximum Gasteiger partial charge on any atom is 0.302 e. The Balaban J connectivity index is 1.89. The number of ketones is 1. The van der Waals surface area contributed by atoms with Gasteiger partial charge in [0.2, 0.25) is 5.91 Å². The van der Waals surface area contributed by atoms with Crippen molar-refractivity contribution in [3.8, 4) is 5.75 Å². The van der Waals surface area contributed by atoms with Crippen LogP contribution < -0.4 is 4.74 Å². The van der Waals surface area contributed by atoms with Gasteiger partial charge in [-0.1, -0.05) is 19.3 Å². The molecule has 1 aliphatic carbocycles. The smallest absolute Gasteiger partial charge is 0.302 e. The van der Waals surface area contributed by atoms with Crippen LogP contribution in [0.1, 0.15) is 69.2 Å². The summed E-state index contributed by atoms with van der Waals surface area (Å²) in [5.74, 6) is -0.488. The van der Waals surface area contributed by atoms with Gasteiger partial charge in [0.25, 0.3) is 5.69 Å². The predicted octanol–water partition coefficient (Wildman–Crippen LogP) is 3.68. The van der Waals surface area contributed by atoms with E-state index < -0.39 is 4.92 Å². The quantitative estimate of drug-likeness (QED) is 0.171. The number of rotatable bonds is 11. The largest absolute Gasteiger partial charge is 0.493 e. The number of esters is 1. The summed E-state index contributed by atoms with van der Waals surface area (Å²) in [6.45, 7) is 3.39. The standard InChI is InChI=1S/C22H30N2O7/c1-16(25)20-11-10-19(15-21(20)24(28)29)31-13-6-9-22(27)23(12-14-30-17(2)26)18-7-4-3-5-8-18/h10-11,15,18H,3-9,12-14H2,1-2H3. The van der Waals surface area contributed by atoms with Crippen LogP contribution in [0.25, 0.3) is 0 Å². The lowest BCUT2D eigenvalue weighted by Gasteiger charge is -2.34. The number of nitro benzene ring substituents is 1. The molecule has 9 heteroatoms. The number of Topliss-reactive ketones (excluding diaryl/α,β-unsaturated/α-hetero) is 1. The first-order chi connectivity index (χ1) is 14.8. The Labute approximate surface area is 181 Å². The lowest BCUT2D eigenvalue weighted by molar-refractivity contribution is -0.385. The normalized spacial score (nSPS) is 14.0. The summed E-state index contributed by atoms with van der Waals surface area (Å²) in [5, 5.41) is 11.2. The first-order valence-electron chi connectivity index (χ1n) is 10.6. The minimum atomic E-state index is -0.613. The zero-order valence-electron chi connectivity index (χ0n) is 18.1. The predicted molar refractivity (Wildman–Crippen MR) is 113 cm³/mol. The Bertz CT molecular complexity index is 803. The van der Waals surface area contributed by atoms with Crippen LogP contribution in [0.15, 0.2) is 18.2 Å². The van der Waals surface area contributed by atoms with Gasteiger partial charge in [-0.2, -0.15) is 0 Å². The topological polar surface area (TPSA) is 116 Å². The molecule has 0 saturated heterocycles. The van der Waals surface area contributed by atoms with Gasteiger partial charge in [-0.3, -0.25) is 24.5 Å². The van der Waals surface area contributed by atoms with E-state index in [-0.39, 0.29) is 60.3 Å². The number of carbonyl (C=O) groups excluding carboxylic acids is 3. The molecule has 0 radical (unpaired) electrons. The molecule has 1 amide bonds. The number of carbonyl (C=O) groups is 3. The molecule has 1 aromatic rings. The molecular formula is C22H30N2O7. The van der Waals surface area contributed by atoms with E-state index in [4.69, 9.17) is 9.47 Å². The Kier molecular flexibility index (Phi) is 9.42. The molecule has 0 heterocycles. The number of ether oxygens (including phenoxy) is 2. The highest BCUT2D eigenvalue weighted by atomic mass is 16.6. The average molecular weight is 434 g/mol. The molecule has 31 heavy (non-hydrogen) atoms. The number of benzene rings is 1. The highest BCUT2D eigenvalue weighted by molar-refractivity contribution is 5.98. The third-order valence-electron chi connectivity index (χ3n) is 5.32. The zero-order chi connectivity index (χ0) is 22.8. The molecule has 170 valence electrons. The van der Waals surface area contributed by atoms with E-state index in [2.05, 4.69) is 0 Å². The van der Waals surface area contributed by atoms with E-state index in [0.29, 0.717) is 13.0 Å². The van der Waals surface area contributed by atoms with E-state index in [1.807, 2.05) is 4.90 Å². The van der Waals surface area contributed by atoms with Crippen molar-refractivity contribution < 1.29 is 28.8 Å². The van der Waals surface area contributed by atoms with Crippen LogP contribution in [0, 0.1) is 10.1 Å². The molecule has 1 aliphatic rings. The molecule has 0 atom stereocenters. The number of hydrogen-bond acceptors (Lipinski definition) is 7. The van der Waals surface area contributed by atoms with Crippen LogP contribution in [0.3, 0.4) is 0 Å². The van der Waals surface area contributed by atoms with Gasteiger partial charge in [0.15, 0.2) is 5.78 Å². The molecule has 0 spiro atoms. The number of amides is 1. The number of nitro groups is 1. The Hall–Kier alpha value is -2.97. The van der Waals surface area contributed by atoms with Gasteiger partial charge in [-0.25, -0.2) is 0 Å². The molecule has 9 nitrogen and oxygen atoms in total. The SMILES string of the molecule is CC(=O)OCCN(C(=O)CCCOc1ccc(C(C)=O)c([N+](=O)[O-])c1)C1CCCCC1. The molecule has 0 aliphatic heterocycles. The molecule has 1 fully saturated rings. The highest BCUT2D eigenvalue weighted by Gasteiger charge is 2.25. The van der Waals surface area contributed by atoms with Crippen LogP contribution in [0.5, 0.6) is 5.75 Å². The van der Waals surface area contributed by atoms with Gasteiger partial charge >= 0.3 is 5.97 Å². The summed E-state index contributed by atoms with van der Waals surface area (Å²) in [6.07, 6.45) is 5.95. The maximum absolute atomic E-state index is 12.8. The van der Waals surface area contributed by atoms with Crippen molar-refractivity contribution in [3.63, 3.8) is 0 Å². The monoisotopic (exact) mass is 434 g/mol. The second-order valence-electron chi connectivity index (χ2n) is 7.66. The van der Waals surface area contributed by atoms with Crippen molar-refractivity contribution in [2.24, 2.45) is 0 Å². The molecule has 1 aromatic carbocycles. The second kappa shape index (κ2) is 12.0. The van der Waals surface area contributed by atoms with E-state index in [0.717, 1.165) is 25.7 Å². The van der Waals surface area contributed by atoms with Crippen LogP contribution in [-0.2, 0) is 14.3 Å². The Morgan fingerprint density at radius 1 is 1.13 bits per heavy atom. The first-order valence-corrected chi connectivity index (χ1v) is 10.6. The molecular weight excluding hydrogens is 404 g/mol. The lowest BCUT2D eigenvalue weighted by atomic mass is 9.94. The summed E-state index contributed by atoms with van der Waals surface area (Å²) in [4.78, 5) is 47.7. The minimum Gasteiger partial charge on any atom is -0.493 e.